The van der Waals surface area contributed by atoms with Gasteiger partial charge in [0.2, 0.25) is 11.8 Å². The zero-order chi connectivity index (χ0) is 28.6. The van der Waals surface area contributed by atoms with Crippen molar-refractivity contribution in [3.05, 3.63) is 84.4 Å². The number of nitrogens with one attached hydrogen (secondary N) is 1. The summed E-state index contributed by atoms with van der Waals surface area (Å²) in [5.74, 6) is -0.277. The first-order valence-electron chi connectivity index (χ1n) is 12.5. The fourth-order valence-corrected chi connectivity index (χ4v) is 5.43. The minimum Gasteiger partial charge on any atom is -0.497 e. The lowest BCUT2D eigenvalue weighted by Gasteiger charge is -2.32. The second-order valence-corrected chi connectivity index (χ2v) is 11.1. The summed E-state index contributed by atoms with van der Waals surface area (Å²) >= 11 is 0. The van der Waals surface area contributed by atoms with Crippen molar-refractivity contribution >= 4 is 27.5 Å². The van der Waals surface area contributed by atoms with Crippen LogP contribution in [-0.2, 0) is 26.2 Å². The molecule has 1 atom stereocenters. The Morgan fingerprint density at radius 3 is 2.05 bits per heavy atom. The number of amides is 2. The average molecular weight is 554 g/mol. The molecule has 0 spiro atoms. The minimum absolute atomic E-state index is 0.00267. The Balaban J connectivity index is 2.10. The van der Waals surface area contributed by atoms with Crippen LogP contribution in [0.4, 0.5) is 5.69 Å². The molecule has 0 saturated carbocycles. The molecule has 0 aliphatic heterocycles. The van der Waals surface area contributed by atoms with E-state index in [1.165, 1.54) is 37.3 Å². The first-order chi connectivity index (χ1) is 18.6. The number of hydrogen-bond donors (Lipinski definition) is 1. The van der Waals surface area contributed by atoms with Gasteiger partial charge in [0.1, 0.15) is 24.1 Å². The number of sulfonamides is 1. The number of nitrogens with zero attached hydrogens (tertiary/aromatic N) is 2. The second-order valence-electron chi connectivity index (χ2n) is 9.21. The molecule has 3 aromatic rings. The van der Waals surface area contributed by atoms with E-state index >= 15 is 0 Å². The lowest BCUT2D eigenvalue weighted by molar-refractivity contribution is -0.139. The van der Waals surface area contributed by atoms with Crippen LogP contribution in [0.5, 0.6) is 11.5 Å². The summed E-state index contributed by atoms with van der Waals surface area (Å²) in [4.78, 5) is 28.3. The van der Waals surface area contributed by atoms with Crippen molar-refractivity contribution in [1.82, 2.24) is 10.2 Å². The van der Waals surface area contributed by atoms with E-state index in [2.05, 4.69) is 5.32 Å². The number of carbonyl (C=O) groups is 2. The molecule has 9 nitrogen and oxygen atoms in total. The number of rotatable bonds is 12. The molecule has 2 amide bonds. The molecular formula is C29H35N3O6S. The molecule has 0 unspecified atom stereocenters. The Morgan fingerprint density at radius 2 is 1.49 bits per heavy atom. The maximum Gasteiger partial charge on any atom is 0.264 e. The zero-order valence-electron chi connectivity index (χ0n) is 22.8. The van der Waals surface area contributed by atoms with Gasteiger partial charge >= 0.3 is 0 Å². The van der Waals surface area contributed by atoms with E-state index in [0.717, 1.165) is 9.87 Å². The molecule has 3 rings (SSSR count). The van der Waals surface area contributed by atoms with Gasteiger partial charge in [-0.1, -0.05) is 48.5 Å². The summed E-state index contributed by atoms with van der Waals surface area (Å²) in [7, 11) is -1.35. The number of ether oxygens (including phenoxy) is 2. The third kappa shape index (κ3) is 7.29. The van der Waals surface area contributed by atoms with E-state index in [1.54, 1.807) is 37.3 Å². The topological polar surface area (TPSA) is 105 Å². The smallest absolute Gasteiger partial charge is 0.264 e. The SMILES string of the molecule is COc1ccc(OC)c(N(CC(=O)N(Cc2ccccc2)[C@H](C)C(=O)NC(C)C)S(=O)(=O)c2ccccc2)c1. The summed E-state index contributed by atoms with van der Waals surface area (Å²) in [5, 5.41) is 2.84. The summed E-state index contributed by atoms with van der Waals surface area (Å²) in [5.41, 5.74) is 0.930. The van der Waals surface area contributed by atoms with Gasteiger partial charge in [-0.15, -0.1) is 0 Å². The summed E-state index contributed by atoms with van der Waals surface area (Å²) in [6.45, 7) is 4.82. The number of methoxy groups -OCH3 is 2. The van der Waals surface area contributed by atoms with Crippen molar-refractivity contribution in [2.45, 2.75) is 44.3 Å². The van der Waals surface area contributed by atoms with E-state index in [-0.39, 0.29) is 34.8 Å². The van der Waals surface area contributed by atoms with Gasteiger partial charge in [0.25, 0.3) is 10.0 Å². The van der Waals surface area contributed by atoms with Crippen LogP contribution in [0, 0.1) is 0 Å². The number of benzene rings is 3. The molecule has 10 heteroatoms. The average Bonchev–Trinajstić information content (AvgIpc) is 2.94. The molecule has 0 aliphatic carbocycles. The molecule has 1 N–H and O–H groups in total. The van der Waals surface area contributed by atoms with Crippen molar-refractivity contribution < 1.29 is 27.5 Å². The Morgan fingerprint density at radius 1 is 0.872 bits per heavy atom. The first kappa shape index (κ1) is 29.5. The Labute approximate surface area is 230 Å². The highest BCUT2D eigenvalue weighted by molar-refractivity contribution is 7.92. The monoisotopic (exact) mass is 553 g/mol. The van der Waals surface area contributed by atoms with E-state index in [9.17, 15) is 18.0 Å². The minimum atomic E-state index is -4.23. The van der Waals surface area contributed by atoms with Crippen molar-refractivity contribution in [2.75, 3.05) is 25.1 Å². The lowest BCUT2D eigenvalue weighted by Crippen LogP contribution is -2.52. The Hall–Kier alpha value is -4.05. The van der Waals surface area contributed by atoms with Gasteiger partial charge in [-0.2, -0.15) is 0 Å². The predicted molar refractivity (Wildman–Crippen MR) is 150 cm³/mol. The van der Waals surface area contributed by atoms with Crippen LogP contribution in [0.3, 0.4) is 0 Å². The van der Waals surface area contributed by atoms with Crippen molar-refractivity contribution in [1.29, 1.82) is 0 Å². The molecule has 0 aliphatic rings. The van der Waals surface area contributed by atoms with Gasteiger partial charge in [-0.25, -0.2) is 8.42 Å². The number of carbonyl (C=O) groups excluding carboxylic acids is 2. The van der Waals surface area contributed by atoms with Crippen LogP contribution in [0.25, 0.3) is 0 Å². The van der Waals surface area contributed by atoms with Crippen LogP contribution in [-0.4, -0.2) is 58.0 Å². The van der Waals surface area contributed by atoms with Crippen LogP contribution < -0.4 is 19.1 Å². The molecule has 0 aromatic heterocycles. The lowest BCUT2D eigenvalue weighted by atomic mass is 10.1. The fourth-order valence-electron chi connectivity index (χ4n) is 3.99. The molecule has 0 fully saturated rings. The normalized spacial score (nSPS) is 11.9. The third-order valence-corrected chi connectivity index (χ3v) is 7.83. The van der Waals surface area contributed by atoms with Crippen LogP contribution in [0.2, 0.25) is 0 Å². The predicted octanol–water partition coefficient (Wildman–Crippen LogP) is 3.84. The second kappa shape index (κ2) is 13.1. The molecule has 208 valence electrons. The van der Waals surface area contributed by atoms with Crippen molar-refractivity contribution in [3.63, 3.8) is 0 Å². The molecule has 39 heavy (non-hydrogen) atoms. The third-order valence-electron chi connectivity index (χ3n) is 6.06. The summed E-state index contributed by atoms with van der Waals surface area (Å²) < 4.78 is 39.7. The Bertz CT molecular complexity index is 1360. The van der Waals surface area contributed by atoms with E-state index in [4.69, 9.17) is 9.47 Å². The van der Waals surface area contributed by atoms with Crippen molar-refractivity contribution in [2.24, 2.45) is 0 Å². The number of hydrogen-bond acceptors (Lipinski definition) is 6. The zero-order valence-corrected chi connectivity index (χ0v) is 23.6. The molecule has 0 radical (unpaired) electrons. The van der Waals surface area contributed by atoms with Gasteiger partial charge in [0.15, 0.2) is 0 Å². The molecule has 0 bridgehead atoms. The highest BCUT2D eigenvalue weighted by Gasteiger charge is 2.34. The van der Waals surface area contributed by atoms with Gasteiger partial charge in [0.05, 0.1) is 24.8 Å². The first-order valence-corrected chi connectivity index (χ1v) is 14.0. The summed E-state index contributed by atoms with van der Waals surface area (Å²) in [6.07, 6.45) is 0. The maximum atomic E-state index is 14.0. The number of anilines is 1. The van der Waals surface area contributed by atoms with Gasteiger partial charge < -0.3 is 19.7 Å². The van der Waals surface area contributed by atoms with Crippen LogP contribution in [0.15, 0.2) is 83.8 Å². The fraction of sp³-hybridized carbons (Fsp3) is 0.310. The summed E-state index contributed by atoms with van der Waals surface area (Å²) in [6, 6.07) is 20.8. The highest BCUT2D eigenvalue weighted by atomic mass is 32.2. The van der Waals surface area contributed by atoms with Gasteiger partial charge in [0, 0.05) is 18.7 Å². The van der Waals surface area contributed by atoms with E-state index in [1.807, 2.05) is 44.2 Å². The van der Waals surface area contributed by atoms with Crippen LogP contribution >= 0.6 is 0 Å². The molecule has 0 heterocycles. The van der Waals surface area contributed by atoms with Gasteiger partial charge in [-0.3, -0.25) is 13.9 Å². The highest BCUT2D eigenvalue weighted by Crippen LogP contribution is 2.36. The standard InChI is InChI=1S/C29H35N3O6S/c1-21(2)30-29(34)22(3)31(19-23-12-8-6-9-13-23)28(33)20-32(39(35,36)25-14-10-7-11-15-25)26-18-24(37-4)16-17-27(26)38-5/h6-18,21-22H,19-20H2,1-5H3,(H,30,34)/t22-/m1/s1. The van der Waals surface area contributed by atoms with Crippen molar-refractivity contribution in [3.8, 4) is 11.5 Å². The van der Waals surface area contributed by atoms with Gasteiger partial charge in [-0.05, 0) is 50.6 Å². The maximum absolute atomic E-state index is 14.0. The van der Waals surface area contributed by atoms with E-state index < -0.39 is 28.5 Å². The largest absolute Gasteiger partial charge is 0.497 e. The van der Waals surface area contributed by atoms with E-state index in [0.29, 0.717) is 5.75 Å². The quantitative estimate of drug-likeness (QED) is 0.365. The molecule has 0 saturated heterocycles. The molecule has 3 aromatic carbocycles. The Kier molecular flexibility index (Phi) is 9.95. The van der Waals surface area contributed by atoms with Crippen LogP contribution in [0.1, 0.15) is 26.3 Å². The molecular weight excluding hydrogens is 518 g/mol.